The van der Waals surface area contributed by atoms with Gasteiger partial charge >= 0.3 is 0 Å². The van der Waals surface area contributed by atoms with E-state index in [1.165, 1.54) is 24.0 Å². The van der Waals surface area contributed by atoms with Crippen LogP contribution in [0.1, 0.15) is 60.0 Å². The molecule has 0 radical (unpaired) electrons. The molecule has 2 fully saturated rings. The molecular weight excluding hydrogens is 482 g/mol. The smallest absolute Gasteiger partial charge is 0.251 e. The summed E-state index contributed by atoms with van der Waals surface area (Å²) in [7, 11) is 0. The van der Waals surface area contributed by atoms with Crippen LogP contribution in [0.4, 0.5) is 0 Å². The molecule has 2 aliphatic heterocycles. The molecular formula is C34H43N3O2. The first kappa shape index (κ1) is 27.4. The van der Waals surface area contributed by atoms with Gasteiger partial charge < -0.3 is 19.9 Å². The fourth-order valence-electron chi connectivity index (χ4n) is 6.04. The Bertz CT molecular complexity index is 1100. The van der Waals surface area contributed by atoms with Crippen LogP contribution < -0.4 is 10.1 Å². The number of carbonyl (C=O) groups excluding carboxylic acids is 1. The number of nitrogens with zero attached hydrogens (tertiary/aromatic N) is 2. The zero-order chi connectivity index (χ0) is 26.9. The lowest BCUT2D eigenvalue weighted by Crippen LogP contribution is -2.40. The van der Waals surface area contributed by atoms with E-state index in [2.05, 4.69) is 82.7 Å². The zero-order valence-corrected chi connectivity index (χ0v) is 23.3. The predicted molar refractivity (Wildman–Crippen MR) is 158 cm³/mol. The Labute approximate surface area is 234 Å². The standard InChI is InChI=1S/C34H43N3O2/c1-27-9-8-21-36(25-27)24-20-35-34(38)30-14-16-31(17-15-30)39-32-18-22-37(23-19-32)26-33(28-10-4-2-5-11-28)29-12-6-3-7-13-29/h2-7,10-17,27,32-33H,8-9,18-26H2,1H3,(H,35,38). The van der Waals surface area contributed by atoms with Crippen LogP contribution >= 0.6 is 0 Å². The number of rotatable bonds is 10. The molecule has 2 heterocycles. The van der Waals surface area contributed by atoms with E-state index in [0.29, 0.717) is 18.0 Å². The highest BCUT2D eigenvalue weighted by molar-refractivity contribution is 5.94. The van der Waals surface area contributed by atoms with Crippen molar-refractivity contribution in [2.75, 3.05) is 45.8 Å². The predicted octanol–water partition coefficient (Wildman–Crippen LogP) is 5.82. The molecule has 5 nitrogen and oxygen atoms in total. The molecule has 0 aliphatic carbocycles. The van der Waals surface area contributed by atoms with Crippen molar-refractivity contribution in [1.29, 1.82) is 0 Å². The van der Waals surface area contributed by atoms with E-state index >= 15 is 0 Å². The number of hydrogen-bond acceptors (Lipinski definition) is 4. The average Bonchev–Trinajstić information content (AvgIpc) is 2.98. The summed E-state index contributed by atoms with van der Waals surface area (Å²) in [6, 6.07) is 29.3. The highest BCUT2D eigenvalue weighted by Crippen LogP contribution is 2.28. The first-order valence-electron chi connectivity index (χ1n) is 14.7. The first-order valence-corrected chi connectivity index (χ1v) is 14.7. The number of benzene rings is 3. The van der Waals surface area contributed by atoms with Gasteiger partial charge in [0.1, 0.15) is 11.9 Å². The monoisotopic (exact) mass is 525 g/mol. The fraction of sp³-hybridized carbons (Fsp3) is 0.441. The lowest BCUT2D eigenvalue weighted by atomic mass is 9.90. The van der Waals surface area contributed by atoms with Crippen LogP contribution in [0.2, 0.25) is 0 Å². The van der Waals surface area contributed by atoms with Crippen LogP contribution in [0.3, 0.4) is 0 Å². The van der Waals surface area contributed by atoms with Crippen LogP contribution in [-0.2, 0) is 0 Å². The van der Waals surface area contributed by atoms with Crippen molar-refractivity contribution in [3.05, 3.63) is 102 Å². The molecule has 2 aliphatic rings. The molecule has 1 atom stereocenters. The van der Waals surface area contributed by atoms with Crippen LogP contribution in [-0.4, -0.2) is 67.6 Å². The van der Waals surface area contributed by atoms with Gasteiger partial charge in [-0.25, -0.2) is 0 Å². The van der Waals surface area contributed by atoms with Crippen LogP contribution in [0.15, 0.2) is 84.9 Å². The maximum Gasteiger partial charge on any atom is 0.251 e. The summed E-state index contributed by atoms with van der Waals surface area (Å²) >= 11 is 0. The Morgan fingerprint density at radius 3 is 2.10 bits per heavy atom. The molecule has 1 unspecified atom stereocenters. The molecule has 206 valence electrons. The van der Waals surface area contributed by atoms with E-state index in [-0.39, 0.29) is 12.0 Å². The quantitative estimate of drug-likeness (QED) is 0.362. The Kier molecular flexibility index (Phi) is 9.68. The SMILES string of the molecule is CC1CCCN(CCNC(=O)c2ccc(OC3CCN(CC(c4ccccc4)c4ccccc4)CC3)cc2)C1. The topological polar surface area (TPSA) is 44.8 Å². The van der Waals surface area contributed by atoms with Gasteiger partial charge in [0, 0.05) is 50.7 Å². The van der Waals surface area contributed by atoms with E-state index in [1.54, 1.807) is 0 Å². The van der Waals surface area contributed by atoms with Gasteiger partial charge in [-0.2, -0.15) is 0 Å². The van der Waals surface area contributed by atoms with Gasteiger partial charge in [0.2, 0.25) is 0 Å². The van der Waals surface area contributed by atoms with Gasteiger partial charge in [0.15, 0.2) is 0 Å². The normalized spacial score (nSPS) is 19.2. The van der Waals surface area contributed by atoms with Crippen molar-refractivity contribution in [3.63, 3.8) is 0 Å². The molecule has 5 heteroatoms. The zero-order valence-electron chi connectivity index (χ0n) is 23.3. The maximum absolute atomic E-state index is 12.6. The minimum absolute atomic E-state index is 0.00805. The second-order valence-corrected chi connectivity index (χ2v) is 11.3. The number of likely N-dealkylation sites (tertiary alicyclic amines) is 2. The molecule has 0 aromatic heterocycles. The highest BCUT2D eigenvalue weighted by Gasteiger charge is 2.24. The third-order valence-electron chi connectivity index (χ3n) is 8.25. The Morgan fingerprint density at radius 2 is 1.49 bits per heavy atom. The largest absolute Gasteiger partial charge is 0.490 e. The van der Waals surface area contributed by atoms with E-state index in [1.807, 2.05) is 24.3 Å². The summed E-state index contributed by atoms with van der Waals surface area (Å²) < 4.78 is 6.32. The molecule has 1 N–H and O–H groups in total. The van der Waals surface area contributed by atoms with Crippen LogP contribution in [0, 0.1) is 5.92 Å². The molecule has 3 aromatic rings. The van der Waals surface area contributed by atoms with Crippen molar-refractivity contribution >= 4 is 5.91 Å². The molecule has 39 heavy (non-hydrogen) atoms. The number of amides is 1. The van der Waals surface area contributed by atoms with Crippen molar-refractivity contribution in [2.45, 2.75) is 44.6 Å². The van der Waals surface area contributed by atoms with Gasteiger partial charge in [-0.05, 0) is 73.5 Å². The lowest BCUT2D eigenvalue weighted by molar-refractivity contribution is 0.0942. The van der Waals surface area contributed by atoms with Gasteiger partial charge in [-0.3, -0.25) is 4.79 Å². The van der Waals surface area contributed by atoms with Gasteiger partial charge in [-0.15, -0.1) is 0 Å². The molecule has 0 spiro atoms. The van der Waals surface area contributed by atoms with E-state index in [9.17, 15) is 4.79 Å². The van der Waals surface area contributed by atoms with Crippen molar-refractivity contribution in [2.24, 2.45) is 5.92 Å². The molecule has 0 saturated carbocycles. The van der Waals surface area contributed by atoms with Gasteiger partial charge in [0.25, 0.3) is 5.91 Å². The summed E-state index contributed by atoms with van der Waals surface area (Å²) in [4.78, 5) is 17.6. The molecule has 5 rings (SSSR count). The number of hydrogen-bond donors (Lipinski definition) is 1. The first-order chi connectivity index (χ1) is 19.1. The third-order valence-corrected chi connectivity index (χ3v) is 8.25. The molecule has 0 bridgehead atoms. The Balaban J connectivity index is 1.07. The number of carbonyl (C=O) groups is 1. The number of piperidine rings is 2. The Morgan fingerprint density at radius 1 is 0.846 bits per heavy atom. The minimum atomic E-state index is -0.00805. The molecule has 1 amide bonds. The van der Waals surface area contributed by atoms with Gasteiger partial charge in [-0.1, -0.05) is 67.6 Å². The average molecular weight is 526 g/mol. The second kappa shape index (κ2) is 13.8. The summed E-state index contributed by atoms with van der Waals surface area (Å²) in [5.74, 6) is 1.96. The third kappa shape index (κ3) is 7.93. The van der Waals surface area contributed by atoms with E-state index in [4.69, 9.17) is 4.74 Å². The lowest BCUT2D eigenvalue weighted by Gasteiger charge is -2.34. The number of ether oxygens (including phenoxy) is 1. The van der Waals surface area contributed by atoms with E-state index in [0.717, 1.165) is 63.8 Å². The molecule has 2 saturated heterocycles. The summed E-state index contributed by atoms with van der Waals surface area (Å²) in [6.45, 7) is 9.28. The van der Waals surface area contributed by atoms with Crippen LogP contribution in [0.5, 0.6) is 5.75 Å². The van der Waals surface area contributed by atoms with Crippen molar-refractivity contribution in [1.82, 2.24) is 15.1 Å². The van der Waals surface area contributed by atoms with Crippen LogP contribution in [0.25, 0.3) is 0 Å². The molecule has 3 aromatic carbocycles. The summed E-state index contributed by atoms with van der Waals surface area (Å²) in [5.41, 5.74) is 3.43. The highest BCUT2D eigenvalue weighted by atomic mass is 16.5. The summed E-state index contributed by atoms with van der Waals surface area (Å²) in [5, 5.41) is 3.08. The van der Waals surface area contributed by atoms with Crippen molar-refractivity contribution in [3.8, 4) is 5.75 Å². The fourth-order valence-corrected chi connectivity index (χ4v) is 6.04. The summed E-state index contributed by atoms with van der Waals surface area (Å²) in [6.07, 6.45) is 4.80. The van der Waals surface area contributed by atoms with E-state index < -0.39 is 0 Å². The maximum atomic E-state index is 12.6. The number of nitrogens with one attached hydrogen (secondary N) is 1. The Hall–Kier alpha value is -3.15. The second-order valence-electron chi connectivity index (χ2n) is 11.3. The minimum Gasteiger partial charge on any atom is -0.490 e. The van der Waals surface area contributed by atoms with Gasteiger partial charge in [0.05, 0.1) is 0 Å². The van der Waals surface area contributed by atoms with Crippen molar-refractivity contribution < 1.29 is 9.53 Å².